The van der Waals surface area contributed by atoms with Crippen LogP contribution in [0, 0.1) is 5.92 Å². The van der Waals surface area contributed by atoms with Gasteiger partial charge in [-0.15, -0.1) is 0 Å². The first-order valence-corrected chi connectivity index (χ1v) is 6.68. The smallest absolute Gasteiger partial charge is 0.236 e. The van der Waals surface area contributed by atoms with E-state index in [2.05, 4.69) is 10.6 Å². The second kappa shape index (κ2) is 6.73. The zero-order valence-electron chi connectivity index (χ0n) is 11.8. The molecule has 0 aromatic rings. The van der Waals surface area contributed by atoms with Crippen molar-refractivity contribution in [3.05, 3.63) is 0 Å². The quantitative estimate of drug-likeness (QED) is 0.690. The fourth-order valence-corrected chi connectivity index (χ4v) is 1.58. The van der Waals surface area contributed by atoms with Crippen molar-refractivity contribution in [2.75, 3.05) is 20.1 Å². The summed E-state index contributed by atoms with van der Waals surface area (Å²) in [5.74, 6) is 0.440. The van der Waals surface area contributed by atoms with Crippen LogP contribution in [-0.2, 0) is 9.59 Å². The van der Waals surface area contributed by atoms with E-state index in [0.29, 0.717) is 18.5 Å². The minimum absolute atomic E-state index is 0.0504. The average molecular weight is 255 g/mol. The van der Waals surface area contributed by atoms with Crippen molar-refractivity contribution in [1.82, 2.24) is 15.5 Å². The van der Waals surface area contributed by atoms with E-state index in [1.165, 1.54) is 0 Å². The molecule has 1 fully saturated rings. The Hall–Kier alpha value is -1.10. The van der Waals surface area contributed by atoms with Crippen LogP contribution >= 0.6 is 0 Å². The van der Waals surface area contributed by atoms with E-state index < -0.39 is 0 Å². The largest absolute Gasteiger partial charge is 0.354 e. The predicted octanol–water partition coefficient (Wildman–Crippen LogP) is 0.358. The molecule has 1 atom stereocenters. The van der Waals surface area contributed by atoms with Gasteiger partial charge in [-0.05, 0) is 25.7 Å². The number of hydrogen-bond donors (Lipinski definition) is 2. The molecule has 0 aliphatic heterocycles. The number of likely N-dealkylation sites (N-methyl/N-ethyl adjacent to an activating group) is 1. The van der Waals surface area contributed by atoms with Crippen LogP contribution in [0.15, 0.2) is 0 Å². The van der Waals surface area contributed by atoms with Gasteiger partial charge in [-0.1, -0.05) is 13.8 Å². The van der Waals surface area contributed by atoms with Gasteiger partial charge in [0, 0.05) is 19.6 Å². The van der Waals surface area contributed by atoms with Gasteiger partial charge in [-0.25, -0.2) is 0 Å². The molecule has 0 saturated heterocycles. The fraction of sp³-hybridized carbons (Fsp3) is 0.846. The molecular weight excluding hydrogens is 230 g/mol. The van der Waals surface area contributed by atoms with E-state index in [1.54, 1.807) is 11.8 Å². The van der Waals surface area contributed by atoms with Crippen LogP contribution in [0.1, 0.15) is 33.6 Å². The van der Waals surface area contributed by atoms with E-state index >= 15 is 0 Å². The summed E-state index contributed by atoms with van der Waals surface area (Å²) >= 11 is 0. The van der Waals surface area contributed by atoms with Crippen molar-refractivity contribution in [3.8, 4) is 0 Å². The summed E-state index contributed by atoms with van der Waals surface area (Å²) in [5.41, 5.74) is 0. The van der Waals surface area contributed by atoms with Crippen LogP contribution in [0.25, 0.3) is 0 Å². The van der Waals surface area contributed by atoms with Crippen molar-refractivity contribution in [2.45, 2.75) is 45.7 Å². The minimum Gasteiger partial charge on any atom is -0.354 e. The third kappa shape index (κ3) is 5.04. The van der Waals surface area contributed by atoms with Gasteiger partial charge >= 0.3 is 0 Å². The standard InChI is InChI=1S/C13H25N3O2/c1-9(2)7-15-13(18)10(3)14-8-12(17)16(4)11-5-6-11/h9-11,14H,5-8H2,1-4H3,(H,15,18). The lowest BCUT2D eigenvalue weighted by molar-refractivity contribution is -0.129. The van der Waals surface area contributed by atoms with Gasteiger partial charge in [-0.3, -0.25) is 14.9 Å². The van der Waals surface area contributed by atoms with Gasteiger partial charge < -0.3 is 10.2 Å². The number of hydrogen-bond acceptors (Lipinski definition) is 3. The molecule has 2 amide bonds. The van der Waals surface area contributed by atoms with Crippen LogP contribution in [0.2, 0.25) is 0 Å². The molecule has 5 nitrogen and oxygen atoms in total. The number of rotatable bonds is 7. The lowest BCUT2D eigenvalue weighted by atomic mass is 10.2. The maximum atomic E-state index is 11.7. The molecule has 0 spiro atoms. The van der Waals surface area contributed by atoms with Gasteiger partial charge in [-0.2, -0.15) is 0 Å². The molecule has 1 unspecified atom stereocenters. The molecule has 18 heavy (non-hydrogen) atoms. The Balaban J connectivity index is 2.20. The number of nitrogens with one attached hydrogen (secondary N) is 2. The average Bonchev–Trinajstić information content (AvgIpc) is 3.15. The van der Waals surface area contributed by atoms with Gasteiger partial charge in [0.1, 0.15) is 0 Å². The highest BCUT2D eigenvalue weighted by atomic mass is 16.2. The first-order chi connectivity index (χ1) is 8.41. The van der Waals surface area contributed by atoms with Crippen LogP contribution in [0.4, 0.5) is 0 Å². The maximum Gasteiger partial charge on any atom is 0.236 e. The van der Waals surface area contributed by atoms with Crippen LogP contribution in [0.5, 0.6) is 0 Å². The van der Waals surface area contributed by atoms with E-state index in [1.807, 2.05) is 20.9 Å². The number of carbonyl (C=O) groups is 2. The molecule has 1 rings (SSSR count). The number of nitrogens with zero attached hydrogens (tertiary/aromatic N) is 1. The molecule has 0 aromatic heterocycles. The van der Waals surface area contributed by atoms with E-state index in [4.69, 9.17) is 0 Å². The third-order valence-electron chi connectivity index (χ3n) is 3.13. The Kier molecular flexibility index (Phi) is 5.59. The Morgan fingerprint density at radius 1 is 1.28 bits per heavy atom. The lowest BCUT2D eigenvalue weighted by Gasteiger charge is -2.19. The van der Waals surface area contributed by atoms with Crippen molar-refractivity contribution < 1.29 is 9.59 Å². The van der Waals surface area contributed by atoms with Crippen molar-refractivity contribution in [1.29, 1.82) is 0 Å². The Labute approximate surface area is 109 Å². The molecular formula is C13H25N3O2. The van der Waals surface area contributed by atoms with Gasteiger partial charge in [0.25, 0.3) is 0 Å². The van der Waals surface area contributed by atoms with Crippen LogP contribution in [-0.4, -0.2) is 48.9 Å². The first kappa shape index (κ1) is 15.0. The highest BCUT2D eigenvalue weighted by molar-refractivity contribution is 5.83. The van der Waals surface area contributed by atoms with Crippen molar-refractivity contribution in [3.63, 3.8) is 0 Å². The first-order valence-electron chi connectivity index (χ1n) is 6.68. The van der Waals surface area contributed by atoms with Crippen LogP contribution in [0.3, 0.4) is 0 Å². The molecule has 0 heterocycles. The summed E-state index contributed by atoms with van der Waals surface area (Å²) in [4.78, 5) is 25.2. The molecule has 1 aliphatic carbocycles. The maximum absolute atomic E-state index is 11.7. The van der Waals surface area contributed by atoms with Gasteiger partial charge in [0.15, 0.2) is 0 Å². The molecule has 104 valence electrons. The Morgan fingerprint density at radius 3 is 2.39 bits per heavy atom. The summed E-state index contributed by atoms with van der Waals surface area (Å²) in [7, 11) is 1.82. The summed E-state index contributed by atoms with van der Waals surface area (Å²) in [6.45, 7) is 6.77. The Morgan fingerprint density at radius 2 is 1.89 bits per heavy atom. The molecule has 0 radical (unpaired) electrons. The Bertz CT molecular complexity index is 301. The molecule has 5 heteroatoms. The van der Waals surface area contributed by atoms with E-state index in [9.17, 15) is 9.59 Å². The van der Waals surface area contributed by atoms with Crippen molar-refractivity contribution >= 4 is 11.8 Å². The molecule has 1 aliphatic rings. The monoisotopic (exact) mass is 255 g/mol. The molecule has 2 N–H and O–H groups in total. The lowest BCUT2D eigenvalue weighted by Crippen LogP contribution is -2.47. The zero-order valence-corrected chi connectivity index (χ0v) is 11.8. The summed E-state index contributed by atoms with van der Waals surface area (Å²) in [6, 6.07) is 0.0877. The second-order valence-electron chi connectivity index (χ2n) is 5.48. The van der Waals surface area contributed by atoms with Crippen LogP contribution < -0.4 is 10.6 Å². The van der Waals surface area contributed by atoms with Crippen molar-refractivity contribution in [2.24, 2.45) is 5.92 Å². The second-order valence-corrected chi connectivity index (χ2v) is 5.48. The number of amides is 2. The third-order valence-corrected chi connectivity index (χ3v) is 3.13. The highest BCUT2D eigenvalue weighted by Crippen LogP contribution is 2.25. The molecule has 0 aromatic carbocycles. The zero-order chi connectivity index (χ0) is 13.7. The van der Waals surface area contributed by atoms with E-state index in [-0.39, 0.29) is 24.4 Å². The normalized spacial score (nSPS) is 16.5. The topological polar surface area (TPSA) is 61.4 Å². The summed E-state index contributed by atoms with van der Waals surface area (Å²) in [6.07, 6.45) is 2.21. The van der Waals surface area contributed by atoms with Gasteiger partial charge in [0.2, 0.25) is 11.8 Å². The molecule has 1 saturated carbocycles. The molecule has 0 bridgehead atoms. The highest BCUT2D eigenvalue weighted by Gasteiger charge is 2.29. The number of carbonyl (C=O) groups excluding carboxylic acids is 2. The van der Waals surface area contributed by atoms with Gasteiger partial charge in [0.05, 0.1) is 12.6 Å². The fourth-order valence-electron chi connectivity index (χ4n) is 1.58. The minimum atomic E-state index is -0.333. The predicted molar refractivity (Wildman–Crippen MR) is 71.1 cm³/mol. The SMILES string of the molecule is CC(C)CNC(=O)C(C)NCC(=O)N(C)C1CC1. The van der Waals surface area contributed by atoms with E-state index in [0.717, 1.165) is 12.8 Å². The summed E-state index contributed by atoms with van der Waals surface area (Å²) < 4.78 is 0. The summed E-state index contributed by atoms with van der Waals surface area (Å²) in [5, 5.41) is 5.81.